The zero-order chi connectivity index (χ0) is 19.4. The van der Waals surface area contributed by atoms with E-state index in [2.05, 4.69) is 0 Å². The Bertz CT molecular complexity index is 845. The van der Waals surface area contributed by atoms with Gasteiger partial charge in [0, 0.05) is 31.7 Å². The average Bonchev–Trinajstić information content (AvgIpc) is 2.68. The van der Waals surface area contributed by atoms with E-state index in [0.29, 0.717) is 43.1 Å². The van der Waals surface area contributed by atoms with E-state index in [9.17, 15) is 14.0 Å². The summed E-state index contributed by atoms with van der Waals surface area (Å²) in [4.78, 5) is 28.2. The Balaban J connectivity index is 1.51. The maximum atomic E-state index is 13.7. The zero-order valence-corrected chi connectivity index (χ0v) is 15.6. The maximum Gasteiger partial charge on any atom is 0.260 e. The number of hydrogen-bond donors (Lipinski definition) is 0. The first-order chi connectivity index (χ1) is 12.9. The van der Waals surface area contributed by atoms with E-state index in [1.165, 1.54) is 6.07 Å². The van der Waals surface area contributed by atoms with E-state index >= 15 is 0 Å². The van der Waals surface area contributed by atoms with Crippen LogP contribution in [0.2, 0.25) is 0 Å². The van der Waals surface area contributed by atoms with E-state index in [1.54, 1.807) is 28.9 Å². The molecule has 0 saturated carbocycles. The van der Waals surface area contributed by atoms with Crippen LogP contribution in [0.1, 0.15) is 21.5 Å². The second kappa shape index (κ2) is 8.20. The number of carbonyl (C=O) groups excluding carboxylic acids is 2. The molecule has 3 rings (SSSR count). The monoisotopic (exact) mass is 370 g/mol. The van der Waals surface area contributed by atoms with Crippen molar-refractivity contribution in [1.29, 1.82) is 0 Å². The Morgan fingerprint density at radius 1 is 1.00 bits per heavy atom. The molecule has 0 radical (unpaired) electrons. The molecule has 1 heterocycles. The molecular weight excluding hydrogens is 347 g/mol. The highest BCUT2D eigenvalue weighted by molar-refractivity contribution is 5.94. The average molecular weight is 370 g/mol. The minimum Gasteiger partial charge on any atom is -0.484 e. The number of benzene rings is 2. The molecule has 1 fully saturated rings. The number of ether oxygens (including phenoxy) is 1. The van der Waals surface area contributed by atoms with Gasteiger partial charge in [-0.2, -0.15) is 0 Å². The van der Waals surface area contributed by atoms with Gasteiger partial charge in [0.1, 0.15) is 11.6 Å². The predicted octanol–water partition coefficient (Wildman–Crippen LogP) is 2.81. The first-order valence-corrected chi connectivity index (χ1v) is 8.97. The fourth-order valence-corrected chi connectivity index (χ4v) is 3.01. The minimum absolute atomic E-state index is 0.0272. The number of carbonyl (C=O) groups is 2. The van der Waals surface area contributed by atoms with Crippen molar-refractivity contribution in [3.63, 3.8) is 0 Å². The third kappa shape index (κ3) is 4.64. The largest absolute Gasteiger partial charge is 0.484 e. The number of piperazine rings is 1. The second-order valence-electron chi connectivity index (χ2n) is 6.74. The van der Waals surface area contributed by atoms with Crippen LogP contribution in [0.3, 0.4) is 0 Å². The summed E-state index contributed by atoms with van der Waals surface area (Å²) in [6.07, 6.45) is 0. The van der Waals surface area contributed by atoms with Crippen molar-refractivity contribution >= 4 is 11.8 Å². The summed E-state index contributed by atoms with van der Waals surface area (Å²) in [6.45, 7) is 5.32. The minimum atomic E-state index is -0.386. The number of rotatable bonds is 4. The first-order valence-electron chi connectivity index (χ1n) is 8.97. The van der Waals surface area contributed by atoms with Gasteiger partial charge in [0.2, 0.25) is 0 Å². The molecule has 0 N–H and O–H groups in total. The number of amides is 2. The molecule has 1 aliphatic heterocycles. The van der Waals surface area contributed by atoms with Gasteiger partial charge in [-0.1, -0.05) is 18.2 Å². The molecule has 2 amide bonds. The quantitative estimate of drug-likeness (QED) is 0.832. The molecule has 5 nitrogen and oxygen atoms in total. The molecule has 6 heteroatoms. The van der Waals surface area contributed by atoms with Crippen LogP contribution < -0.4 is 4.74 Å². The van der Waals surface area contributed by atoms with Crippen LogP contribution in [0.25, 0.3) is 0 Å². The van der Waals surface area contributed by atoms with Gasteiger partial charge in [-0.15, -0.1) is 0 Å². The Morgan fingerprint density at radius 2 is 1.70 bits per heavy atom. The number of halogens is 1. The van der Waals surface area contributed by atoms with Gasteiger partial charge in [0.05, 0.1) is 0 Å². The number of nitrogens with zero attached hydrogens (tertiary/aromatic N) is 2. The molecule has 0 aliphatic carbocycles. The van der Waals surface area contributed by atoms with Crippen LogP contribution in [-0.2, 0) is 4.79 Å². The molecule has 0 unspecified atom stereocenters. The molecular formula is C21H23FN2O3. The molecule has 0 bridgehead atoms. The first kappa shape index (κ1) is 18.9. The number of hydrogen-bond acceptors (Lipinski definition) is 3. The van der Waals surface area contributed by atoms with Crippen molar-refractivity contribution in [2.45, 2.75) is 13.8 Å². The predicted molar refractivity (Wildman–Crippen MR) is 100 cm³/mol. The summed E-state index contributed by atoms with van der Waals surface area (Å²) in [7, 11) is 0. The van der Waals surface area contributed by atoms with Crippen LogP contribution in [0, 0.1) is 19.7 Å². The van der Waals surface area contributed by atoms with Crippen LogP contribution in [0.5, 0.6) is 5.75 Å². The Hall–Kier alpha value is -2.89. The maximum absolute atomic E-state index is 13.7. The molecule has 0 atom stereocenters. The normalized spacial score (nSPS) is 14.2. The van der Waals surface area contributed by atoms with E-state index in [1.807, 2.05) is 31.2 Å². The topological polar surface area (TPSA) is 49.9 Å². The molecule has 142 valence electrons. The van der Waals surface area contributed by atoms with E-state index in [0.717, 1.165) is 5.56 Å². The summed E-state index contributed by atoms with van der Waals surface area (Å²) < 4.78 is 19.2. The van der Waals surface area contributed by atoms with Gasteiger partial charge in [0.25, 0.3) is 11.8 Å². The lowest BCUT2D eigenvalue weighted by Gasteiger charge is -2.34. The Labute approximate surface area is 158 Å². The van der Waals surface area contributed by atoms with Crippen LogP contribution in [-0.4, -0.2) is 54.4 Å². The Morgan fingerprint density at radius 3 is 2.37 bits per heavy atom. The highest BCUT2D eigenvalue weighted by atomic mass is 19.1. The summed E-state index contributed by atoms with van der Waals surface area (Å²) in [5.41, 5.74) is 1.91. The van der Waals surface area contributed by atoms with Crippen LogP contribution in [0.15, 0.2) is 42.5 Å². The number of aryl methyl sites for hydroxylation is 2. The van der Waals surface area contributed by atoms with Crippen molar-refractivity contribution in [2.75, 3.05) is 32.8 Å². The highest BCUT2D eigenvalue weighted by Gasteiger charge is 2.25. The van der Waals surface area contributed by atoms with Crippen LogP contribution in [0.4, 0.5) is 4.39 Å². The van der Waals surface area contributed by atoms with E-state index in [-0.39, 0.29) is 24.2 Å². The lowest BCUT2D eigenvalue weighted by molar-refractivity contribution is -0.134. The van der Waals surface area contributed by atoms with Gasteiger partial charge in [0.15, 0.2) is 6.61 Å². The van der Waals surface area contributed by atoms with E-state index in [4.69, 9.17) is 4.74 Å². The second-order valence-corrected chi connectivity index (χ2v) is 6.74. The fraction of sp³-hybridized carbons (Fsp3) is 0.333. The molecule has 0 spiro atoms. The lowest BCUT2D eigenvalue weighted by atomic mass is 10.1. The van der Waals surface area contributed by atoms with E-state index < -0.39 is 0 Å². The van der Waals surface area contributed by atoms with Gasteiger partial charge in [-0.25, -0.2) is 4.39 Å². The van der Waals surface area contributed by atoms with Crippen molar-refractivity contribution in [3.8, 4) is 5.75 Å². The molecule has 2 aromatic rings. The molecule has 0 aromatic heterocycles. The summed E-state index contributed by atoms with van der Waals surface area (Å²) in [5.74, 6) is -0.0384. The summed E-state index contributed by atoms with van der Waals surface area (Å²) in [5, 5.41) is 0. The van der Waals surface area contributed by atoms with Crippen LogP contribution >= 0.6 is 0 Å². The molecule has 2 aromatic carbocycles. The molecule has 1 saturated heterocycles. The molecule has 1 aliphatic rings. The molecule has 27 heavy (non-hydrogen) atoms. The summed E-state index contributed by atoms with van der Waals surface area (Å²) in [6, 6.07) is 12.0. The van der Waals surface area contributed by atoms with Gasteiger partial charge >= 0.3 is 0 Å². The third-order valence-corrected chi connectivity index (χ3v) is 4.69. The SMILES string of the molecule is Cc1cccc(OCC(=O)N2CCN(C(=O)c3ccc(C)c(F)c3)CC2)c1. The lowest BCUT2D eigenvalue weighted by Crippen LogP contribution is -2.51. The smallest absolute Gasteiger partial charge is 0.260 e. The standard InChI is InChI=1S/C21H23FN2O3/c1-15-4-3-5-18(12-15)27-14-20(25)23-8-10-24(11-9-23)21(26)17-7-6-16(2)19(22)13-17/h3-7,12-13H,8-11,14H2,1-2H3. The third-order valence-electron chi connectivity index (χ3n) is 4.69. The van der Waals surface area contributed by atoms with Crippen molar-refractivity contribution < 1.29 is 18.7 Å². The fourth-order valence-electron chi connectivity index (χ4n) is 3.01. The van der Waals surface area contributed by atoms with Gasteiger partial charge in [-0.05, 0) is 49.2 Å². The van der Waals surface area contributed by atoms with Crippen molar-refractivity contribution in [3.05, 3.63) is 65.0 Å². The van der Waals surface area contributed by atoms with Gasteiger partial charge in [-0.3, -0.25) is 9.59 Å². The van der Waals surface area contributed by atoms with Crippen molar-refractivity contribution in [2.24, 2.45) is 0 Å². The highest BCUT2D eigenvalue weighted by Crippen LogP contribution is 2.15. The summed E-state index contributed by atoms with van der Waals surface area (Å²) >= 11 is 0. The van der Waals surface area contributed by atoms with Gasteiger partial charge < -0.3 is 14.5 Å². The van der Waals surface area contributed by atoms with Crippen molar-refractivity contribution in [1.82, 2.24) is 9.80 Å². The zero-order valence-electron chi connectivity index (χ0n) is 15.6. The Kier molecular flexibility index (Phi) is 5.74.